The van der Waals surface area contributed by atoms with Crippen LogP contribution in [0.25, 0.3) is 10.1 Å². The summed E-state index contributed by atoms with van der Waals surface area (Å²) in [5.41, 5.74) is 3.06. The van der Waals surface area contributed by atoms with Crippen LogP contribution in [0.4, 0.5) is 11.4 Å². The molecule has 1 aromatic heterocycles. The maximum absolute atomic E-state index is 13.1. The molecule has 0 radical (unpaired) electrons. The van der Waals surface area contributed by atoms with E-state index < -0.39 is 6.29 Å². The minimum absolute atomic E-state index is 0.0209. The minimum atomic E-state index is -0.812. The number of carbonyl (C=O) groups excluding carboxylic acids is 1. The van der Waals surface area contributed by atoms with Gasteiger partial charge in [-0.25, -0.2) is 0 Å². The Morgan fingerprint density at radius 2 is 1.88 bits per heavy atom. The number of hydrogen-bond donors (Lipinski definition) is 1. The number of ether oxygens (including phenoxy) is 2. The standard InChI is InChI=1S/C33H43N3O4S/c1-33(2)22-31(37)36(23-40-32(38)24-7-5-8-24)29-21-25(11-12-27(29)33)39-19-4-3-14-34-15-17-35(18-16-34)28-9-6-10-30-26(28)13-20-41-30/h6,9-13,20-21,24,32,38H,3-5,7-8,14-19,22-23H2,1-2H3. The molecule has 1 amide bonds. The SMILES string of the molecule is CC1(C)CC(=O)N(COC(O)C2CCC2)c2cc(OCCCCN3CCN(c4cccc5sccc45)CC3)ccc21. The van der Waals surface area contributed by atoms with Gasteiger partial charge in [-0.05, 0) is 67.4 Å². The highest BCUT2D eigenvalue weighted by atomic mass is 32.1. The molecule has 6 rings (SSSR count). The van der Waals surface area contributed by atoms with Crippen molar-refractivity contribution in [3.8, 4) is 5.75 Å². The first-order valence-electron chi connectivity index (χ1n) is 15.2. The predicted molar refractivity (Wildman–Crippen MR) is 166 cm³/mol. The highest BCUT2D eigenvalue weighted by Gasteiger charge is 2.38. The van der Waals surface area contributed by atoms with Crippen molar-refractivity contribution < 1.29 is 19.4 Å². The van der Waals surface area contributed by atoms with Gasteiger partial charge in [0.05, 0.1) is 12.3 Å². The first-order chi connectivity index (χ1) is 19.9. The van der Waals surface area contributed by atoms with Gasteiger partial charge in [-0.2, -0.15) is 0 Å². The van der Waals surface area contributed by atoms with Gasteiger partial charge in [-0.3, -0.25) is 14.6 Å². The van der Waals surface area contributed by atoms with Crippen molar-refractivity contribution >= 4 is 38.7 Å². The lowest BCUT2D eigenvalue weighted by Crippen LogP contribution is -2.46. The number of aliphatic hydroxyl groups is 1. The van der Waals surface area contributed by atoms with E-state index in [-0.39, 0.29) is 24.0 Å². The van der Waals surface area contributed by atoms with Crippen LogP contribution in [0, 0.1) is 5.92 Å². The maximum Gasteiger partial charge on any atom is 0.229 e. The first kappa shape index (κ1) is 28.5. The fourth-order valence-electron chi connectivity index (χ4n) is 6.35. The van der Waals surface area contributed by atoms with E-state index in [2.05, 4.69) is 59.4 Å². The molecule has 0 bridgehead atoms. The Balaban J connectivity index is 0.976. The molecule has 3 aliphatic rings. The Kier molecular flexibility index (Phi) is 8.54. The number of carbonyl (C=O) groups is 1. The second-order valence-corrected chi connectivity index (χ2v) is 13.4. The van der Waals surface area contributed by atoms with E-state index in [9.17, 15) is 9.90 Å². The Hall–Kier alpha value is -2.65. The number of piperazine rings is 1. The highest BCUT2D eigenvalue weighted by molar-refractivity contribution is 7.17. The summed E-state index contributed by atoms with van der Waals surface area (Å²) in [5.74, 6) is 0.980. The average Bonchev–Trinajstić information content (AvgIpc) is 3.41. The van der Waals surface area contributed by atoms with Gasteiger partial charge in [-0.1, -0.05) is 32.4 Å². The van der Waals surface area contributed by atoms with Crippen molar-refractivity contribution in [3.05, 3.63) is 53.4 Å². The molecule has 1 unspecified atom stereocenters. The van der Waals surface area contributed by atoms with Gasteiger partial charge in [0.15, 0.2) is 6.29 Å². The van der Waals surface area contributed by atoms with E-state index in [4.69, 9.17) is 9.47 Å². The lowest BCUT2D eigenvalue weighted by Gasteiger charge is -2.39. The summed E-state index contributed by atoms with van der Waals surface area (Å²) >= 11 is 1.81. The number of fused-ring (bicyclic) bond motifs is 2. The molecule has 2 fully saturated rings. The second-order valence-electron chi connectivity index (χ2n) is 12.4. The number of nitrogens with zero attached hydrogens (tertiary/aromatic N) is 3. The summed E-state index contributed by atoms with van der Waals surface area (Å²) in [5, 5.41) is 13.9. The Morgan fingerprint density at radius 3 is 2.66 bits per heavy atom. The normalized spacial score (nSPS) is 20.2. The van der Waals surface area contributed by atoms with E-state index in [0.717, 1.165) is 81.8 Å². The van der Waals surface area contributed by atoms with E-state index in [0.29, 0.717) is 13.0 Å². The summed E-state index contributed by atoms with van der Waals surface area (Å²) < 4.78 is 13.3. The second kappa shape index (κ2) is 12.3. The van der Waals surface area contributed by atoms with Gasteiger partial charge in [0.2, 0.25) is 5.91 Å². The minimum Gasteiger partial charge on any atom is -0.494 e. The van der Waals surface area contributed by atoms with Crippen LogP contribution in [0.1, 0.15) is 57.9 Å². The largest absolute Gasteiger partial charge is 0.494 e. The summed E-state index contributed by atoms with van der Waals surface area (Å²) in [7, 11) is 0. The number of anilines is 2. The van der Waals surface area contributed by atoms with Gasteiger partial charge in [0.1, 0.15) is 12.5 Å². The predicted octanol–water partition coefficient (Wildman–Crippen LogP) is 5.99. The van der Waals surface area contributed by atoms with E-state index in [1.807, 2.05) is 23.5 Å². The van der Waals surface area contributed by atoms with E-state index >= 15 is 0 Å². The van der Waals surface area contributed by atoms with Crippen molar-refractivity contribution in [1.82, 2.24) is 4.90 Å². The lowest BCUT2D eigenvalue weighted by molar-refractivity contribution is -0.153. The Labute approximate surface area is 247 Å². The van der Waals surface area contributed by atoms with Crippen LogP contribution < -0.4 is 14.5 Å². The zero-order valence-corrected chi connectivity index (χ0v) is 25.2. The lowest BCUT2D eigenvalue weighted by atomic mass is 9.77. The molecule has 3 heterocycles. The maximum atomic E-state index is 13.1. The number of rotatable bonds is 11. The van der Waals surface area contributed by atoms with E-state index in [1.54, 1.807) is 4.90 Å². The van der Waals surface area contributed by atoms with Crippen LogP contribution >= 0.6 is 11.3 Å². The smallest absolute Gasteiger partial charge is 0.229 e. The van der Waals surface area contributed by atoms with Crippen LogP contribution in [-0.2, 0) is 14.9 Å². The number of thiophene rings is 1. The molecule has 220 valence electrons. The number of amides is 1. The molecule has 41 heavy (non-hydrogen) atoms. The number of benzene rings is 2. The van der Waals surface area contributed by atoms with Crippen LogP contribution in [0.5, 0.6) is 5.75 Å². The Morgan fingerprint density at radius 1 is 1.05 bits per heavy atom. The molecule has 1 atom stereocenters. The third-order valence-corrected chi connectivity index (χ3v) is 10.0. The average molecular weight is 578 g/mol. The summed E-state index contributed by atoms with van der Waals surface area (Å²) in [6.07, 6.45) is 4.79. The van der Waals surface area contributed by atoms with Crippen molar-refractivity contribution in [1.29, 1.82) is 0 Å². The molecule has 2 aliphatic heterocycles. The van der Waals surface area contributed by atoms with E-state index in [1.165, 1.54) is 15.8 Å². The highest BCUT2D eigenvalue weighted by Crippen LogP contribution is 2.42. The molecule has 1 saturated heterocycles. The molecular formula is C33H43N3O4S. The molecule has 1 saturated carbocycles. The molecule has 1 aliphatic carbocycles. The van der Waals surface area contributed by atoms with Crippen LogP contribution in [0.2, 0.25) is 0 Å². The number of hydrogen-bond acceptors (Lipinski definition) is 7. The molecule has 1 N–H and O–H groups in total. The van der Waals surface area contributed by atoms with Crippen molar-refractivity contribution in [3.63, 3.8) is 0 Å². The molecule has 3 aromatic rings. The molecule has 0 spiro atoms. The van der Waals surface area contributed by atoms with Gasteiger partial charge in [0, 0.05) is 65.8 Å². The van der Waals surface area contributed by atoms with Crippen molar-refractivity contribution in [2.45, 2.75) is 64.1 Å². The van der Waals surface area contributed by atoms with Crippen LogP contribution in [0.15, 0.2) is 47.8 Å². The third kappa shape index (κ3) is 6.26. The topological polar surface area (TPSA) is 65.5 Å². The zero-order chi connectivity index (χ0) is 28.4. The molecule has 8 heteroatoms. The van der Waals surface area contributed by atoms with Gasteiger partial charge in [-0.15, -0.1) is 11.3 Å². The molecular weight excluding hydrogens is 534 g/mol. The number of unbranched alkanes of at least 4 members (excludes halogenated alkanes) is 1. The van der Waals surface area contributed by atoms with Crippen molar-refractivity contribution in [2.24, 2.45) is 5.92 Å². The molecule has 2 aromatic carbocycles. The summed E-state index contributed by atoms with van der Waals surface area (Å²) in [4.78, 5) is 19.8. The molecule has 7 nitrogen and oxygen atoms in total. The van der Waals surface area contributed by atoms with Gasteiger partial charge < -0.3 is 19.5 Å². The van der Waals surface area contributed by atoms with Crippen molar-refractivity contribution in [2.75, 3.05) is 55.9 Å². The number of aliphatic hydroxyl groups excluding tert-OH is 1. The van der Waals surface area contributed by atoms with Gasteiger partial charge in [0.25, 0.3) is 0 Å². The summed E-state index contributed by atoms with van der Waals surface area (Å²) in [6, 6.07) is 15.0. The van der Waals surface area contributed by atoms with Crippen LogP contribution in [0.3, 0.4) is 0 Å². The van der Waals surface area contributed by atoms with Crippen LogP contribution in [-0.4, -0.2) is 68.3 Å². The zero-order valence-electron chi connectivity index (χ0n) is 24.4. The Bertz CT molecular complexity index is 1350. The monoisotopic (exact) mass is 577 g/mol. The summed E-state index contributed by atoms with van der Waals surface area (Å²) in [6.45, 7) is 10.3. The quantitative estimate of drug-likeness (QED) is 0.223. The fraction of sp³-hybridized carbons (Fsp3) is 0.545. The fourth-order valence-corrected chi connectivity index (χ4v) is 7.15. The van der Waals surface area contributed by atoms with Gasteiger partial charge >= 0.3 is 0 Å². The first-order valence-corrected chi connectivity index (χ1v) is 16.1. The third-order valence-electron chi connectivity index (χ3n) is 9.13.